The topological polar surface area (TPSA) is 49.4 Å². The van der Waals surface area contributed by atoms with Gasteiger partial charge in [0.1, 0.15) is 0 Å². The van der Waals surface area contributed by atoms with Gasteiger partial charge in [0.25, 0.3) is 0 Å². The second kappa shape index (κ2) is 21.2. The van der Waals surface area contributed by atoms with E-state index in [0.29, 0.717) is 0 Å². The predicted octanol–water partition coefficient (Wildman–Crippen LogP) is 2.91. The Labute approximate surface area is 194 Å². The van der Waals surface area contributed by atoms with E-state index < -0.39 is 7.47 Å². The van der Waals surface area contributed by atoms with Crippen LogP contribution in [0.25, 0.3) is 0 Å². The summed E-state index contributed by atoms with van der Waals surface area (Å²) in [6.07, 6.45) is 20.9. The van der Waals surface area contributed by atoms with Crippen LogP contribution >= 0.6 is 7.47 Å². The Morgan fingerprint density at radius 2 is 1.00 bits per heavy atom. The van der Waals surface area contributed by atoms with Gasteiger partial charge in [0.15, 0.2) is 7.57 Å². The van der Waals surface area contributed by atoms with Gasteiger partial charge in [-0.25, -0.2) is 0 Å². The van der Waals surface area contributed by atoms with E-state index in [9.17, 15) is 9.46 Å². The zero-order chi connectivity index (χ0) is 17.2. The van der Waals surface area contributed by atoms with Crippen molar-refractivity contribution in [1.82, 2.24) is 0 Å². The molecule has 0 spiro atoms. The summed E-state index contributed by atoms with van der Waals surface area (Å²) in [4.78, 5) is 10.6. The van der Waals surface area contributed by atoms with Crippen molar-refractivity contribution in [1.29, 1.82) is 0 Å². The number of hydrogen-bond acceptors (Lipinski definition) is 3. The second-order valence-electron chi connectivity index (χ2n) is 6.68. The van der Waals surface area contributed by atoms with E-state index in [4.69, 9.17) is 7.57 Å². The molecular weight excluding hydrogens is 345 g/mol. The fourth-order valence-corrected chi connectivity index (χ4v) is 3.23. The SMILES string of the molecule is [B]P(=O)([O-])OCCCCCCCCCCCCCCCCCC.[K+]. The summed E-state index contributed by atoms with van der Waals surface area (Å²) in [5.41, 5.74) is 0. The van der Waals surface area contributed by atoms with Crippen LogP contribution in [0.4, 0.5) is 0 Å². The van der Waals surface area contributed by atoms with Crippen molar-refractivity contribution in [2.75, 3.05) is 6.61 Å². The molecule has 0 saturated carbocycles. The van der Waals surface area contributed by atoms with E-state index in [0.717, 1.165) is 19.3 Å². The smallest absolute Gasteiger partial charge is 0.787 e. The average Bonchev–Trinajstić information content (AvgIpc) is 2.49. The minimum atomic E-state index is -4.01. The number of unbranched alkanes of at least 4 members (excludes halogenated alkanes) is 15. The van der Waals surface area contributed by atoms with Crippen LogP contribution in [-0.4, -0.2) is 14.2 Å². The minimum Gasteiger partial charge on any atom is -0.787 e. The van der Waals surface area contributed by atoms with Gasteiger partial charge in [0.2, 0.25) is 0 Å². The van der Waals surface area contributed by atoms with Gasteiger partial charge in [0, 0.05) is 0 Å². The maximum atomic E-state index is 10.6. The Balaban J connectivity index is 0. The third-order valence-corrected chi connectivity index (χ3v) is 4.81. The Hall–Kier alpha value is 1.85. The Morgan fingerprint density at radius 1 is 0.708 bits per heavy atom. The van der Waals surface area contributed by atoms with Crippen LogP contribution in [0, 0.1) is 0 Å². The van der Waals surface area contributed by atoms with Crippen molar-refractivity contribution in [2.24, 2.45) is 0 Å². The van der Waals surface area contributed by atoms with Gasteiger partial charge in [-0.15, -0.1) is 0 Å². The van der Waals surface area contributed by atoms with E-state index in [1.807, 2.05) is 0 Å². The third kappa shape index (κ3) is 26.1. The molecule has 24 heavy (non-hydrogen) atoms. The molecule has 0 bridgehead atoms. The molecule has 0 aromatic carbocycles. The largest absolute Gasteiger partial charge is 1.00 e. The maximum absolute atomic E-state index is 10.6. The van der Waals surface area contributed by atoms with Gasteiger partial charge >= 0.3 is 51.4 Å². The van der Waals surface area contributed by atoms with Crippen LogP contribution in [0.15, 0.2) is 0 Å². The van der Waals surface area contributed by atoms with Crippen molar-refractivity contribution < 1.29 is 65.4 Å². The van der Waals surface area contributed by atoms with Crippen molar-refractivity contribution in [3.05, 3.63) is 0 Å². The molecule has 0 saturated heterocycles. The Bertz CT molecular complexity index is 287. The molecule has 0 aliphatic rings. The van der Waals surface area contributed by atoms with Gasteiger partial charge in [-0.2, -0.15) is 0 Å². The van der Waals surface area contributed by atoms with E-state index in [2.05, 4.69) is 11.4 Å². The van der Waals surface area contributed by atoms with Gasteiger partial charge < -0.3 is 14.0 Å². The molecule has 1 unspecified atom stereocenters. The molecule has 0 fully saturated rings. The molecule has 0 aliphatic carbocycles. The first-order valence-electron chi connectivity index (χ1n) is 9.80. The van der Waals surface area contributed by atoms with E-state index >= 15 is 0 Å². The summed E-state index contributed by atoms with van der Waals surface area (Å²) in [6.45, 7) is 2.50. The number of hydrogen-bond donors (Lipinski definition) is 0. The molecule has 1 atom stereocenters. The van der Waals surface area contributed by atoms with Gasteiger partial charge in [-0.05, 0) is 6.42 Å². The summed E-state index contributed by atoms with van der Waals surface area (Å²) in [6, 6.07) is 0. The van der Waals surface area contributed by atoms with Crippen LogP contribution in [-0.2, 0) is 9.09 Å². The van der Waals surface area contributed by atoms with Crippen molar-refractivity contribution in [2.45, 2.75) is 110 Å². The first-order chi connectivity index (χ1) is 11.1. The average molecular weight is 382 g/mol. The van der Waals surface area contributed by atoms with Gasteiger partial charge in [0.05, 0.1) is 14.1 Å². The fourth-order valence-electron chi connectivity index (χ4n) is 2.84. The van der Waals surface area contributed by atoms with Crippen molar-refractivity contribution in [3.8, 4) is 0 Å². The molecule has 0 aromatic rings. The molecular formula is C18H37BKO3P. The van der Waals surface area contributed by atoms with Crippen molar-refractivity contribution in [3.63, 3.8) is 0 Å². The Kier molecular flexibility index (Phi) is 24.7. The van der Waals surface area contributed by atoms with Crippen LogP contribution < -0.4 is 56.3 Å². The Morgan fingerprint density at radius 3 is 1.29 bits per heavy atom. The van der Waals surface area contributed by atoms with E-state index in [1.165, 1.54) is 83.5 Å². The van der Waals surface area contributed by atoms with Gasteiger partial charge in [-0.3, -0.25) is 0 Å². The molecule has 0 rings (SSSR count). The predicted molar refractivity (Wildman–Crippen MR) is 98.9 cm³/mol. The maximum Gasteiger partial charge on any atom is 1.00 e. The van der Waals surface area contributed by atoms with Gasteiger partial charge in [-0.1, -0.05) is 103 Å². The van der Waals surface area contributed by atoms with Crippen LogP contribution in [0.2, 0.25) is 0 Å². The second-order valence-corrected chi connectivity index (χ2v) is 8.01. The summed E-state index contributed by atoms with van der Waals surface area (Å²) < 4.78 is 15.1. The fraction of sp³-hybridized carbons (Fsp3) is 1.00. The monoisotopic (exact) mass is 382 g/mol. The first-order valence-corrected chi connectivity index (χ1v) is 11.4. The molecule has 0 N–H and O–H groups in total. The molecule has 136 valence electrons. The standard InChI is InChI=1S/C18H38BO3P.K/c1-2-3-4-5-6-7-8-9-10-11-12-13-14-15-16-17-18-22-23(19,20)21;/h2-18H2,1H3,(H,20,21);/q;+1/p-1. The number of rotatable bonds is 18. The molecule has 3 nitrogen and oxygen atoms in total. The first kappa shape index (κ1) is 28.1. The summed E-state index contributed by atoms with van der Waals surface area (Å²) in [5.74, 6) is 0. The van der Waals surface area contributed by atoms with E-state index in [1.54, 1.807) is 0 Å². The molecule has 6 heteroatoms. The summed E-state index contributed by atoms with van der Waals surface area (Å²) in [5, 5.41) is 0. The molecule has 0 heterocycles. The molecule has 2 radical (unpaired) electrons. The zero-order valence-corrected chi connectivity index (χ0v) is 20.3. The van der Waals surface area contributed by atoms with Crippen molar-refractivity contribution >= 4 is 15.0 Å². The summed E-state index contributed by atoms with van der Waals surface area (Å²) in [7, 11) is 0.774. The molecule has 0 aliphatic heterocycles. The minimum absolute atomic E-state index is 0. The van der Waals surface area contributed by atoms with E-state index in [-0.39, 0.29) is 58.0 Å². The normalized spacial score (nSPS) is 13.4. The van der Waals surface area contributed by atoms with Crippen LogP contribution in [0.5, 0.6) is 0 Å². The zero-order valence-electron chi connectivity index (χ0n) is 16.3. The van der Waals surface area contributed by atoms with Crippen LogP contribution in [0.1, 0.15) is 110 Å². The quantitative estimate of drug-likeness (QED) is 0.208. The molecule has 0 amide bonds. The molecule has 0 aromatic heterocycles. The van der Waals surface area contributed by atoms with Crippen LogP contribution in [0.3, 0.4) is 0 Å². The summed E-state index contributed by atoms with van der Waals surface area (Å²) >= 11 is 0. The third-order valence-electron chi connectivity index (χ3n) is 4.27.